The van der Waals surface area contributed by atoms with E-state index in [1.54, 1.807) is 18.0 Å². The van der Waals surface area contributed by atoms with Crippen LogP contribution in [0.1, 0.15) is 62.1 Å². The van der Waals surface area contributed by atoms with Crippen LogP contribution in [-0.2, 0) is 36.5 Å². The Balaban J connectivity index is 1.29. The Hall–Kier alpha value is -3.18. The van der Waals surface area contributed by atoms with Gasteiger partial charge in [0.25, 0.3) is 0 Å². The number of methoxy groups -OCH3 is 1. The number of benzene rings is 2. The van der Waals surface area contributed by atoms with Crippen LogP contribution in [0.15, 0.2) is 48.6 Å². The fourth-order valence-corrected chi connectivity index (χ4v) is 9.29. The minimum absolute atomic E-state index is 0.130. The molecule has 2 aromatic rings. The van der Waals surface area contributed by atoms with Crippen molar-refractivity contribution >= 4 is 29.2 Å². The fraction of sp³-hybridized carbons (Fsp3) is 0.600. The summed E-state index contributed by atoms with van der Waals surface area (Å²) in [4.78, 5) is 32.9. The highest BCUT2D eigenvalue weighted by Gasteiger charge is 2.51. The first-order chi connectivity index (χ1) is 24.4. The molecule has 9 nitrogen and oxygen atoms in total. The number of carbonyl (C=O) groups excluding carboxylic acids is 2. The Labute approximate surface area is 305 Å². The van der Waals surface area contributed by atoms with Gasteiger partial charge in [-0.2, -0.15) is 0 Å². The summed E-state index contributed by atoms with van der Waals surface area (Å²) in [6.45, 7) is 6.73. The molecule has 2 aromatic carbocycles. The van der Waals surface area contributed by atoms with Crippen molar-refractivity contribution in [3.05, 3.63) is 70.3 Å². The fourth-order valence-electron chi connectivity index (χ4n) is 9.10. The first kappa shape index (κ1) is 36.2. The summed E-state index contributed by atoms with van der Waals surface area (Å²) in [5.74, 6) is -0.362. The van der Waals surface area contributed by atoms with Crippen LogP contribution in [0.2, 0.25) is 5.02 Å². The topological polar surface area (TPSA) is 91.8 Å². The molecule has 5 atom stereocenters. The standard InChI is InChI=1S/C40H51ClFN3O6/c1-38-15-13-32(38)34(50-18-17-44-22-30(42)23-44)8-4-5-16-43(2)36(46)21-40(48,37(47)49-3)28-9-12-35-33(20-28)45(24-38)25-39(26-51-35)14-6-7-27-19-29(41)10-11-31(27)39/h4,8-12,19-20,30,32,34,48H,5-7,13-18,21-26H2,1-3H3/b8-4+/t32-,34-,38?,39-,40+/m0/s1. The second kappa shape index (κ2) is 14.3. The number of hydrogen-bond acceptors (Lipinski definition) is 8. The average molecular weight is 724 g/mol. The van der Waals surface area contributed by atoms with Gasteiger partial charge in [-0.15, -0.1) is 0 Å². The first-order valence-electron chi connectivity index (χ1n) is 18.4. The van der Waals surface area contributed by atoms with Crippen molar-refractivity contribution in [1.82, 2.24) is 9.80 Å². The van der Waals surface area contributed by atoms with Gasteiger partial charge in [-0.1, -0.05) is 42.8 Å². The zero-order valence-electron chi connectivity index (χ0n) is 30.0. The molecule has 7 rings (SSSR count). The SMILES string of the molecule is COC(=O)[C@@]1(O)CC(=O)N(C)CC/C=C/[C@H](OCCN2CC(F)C2)[C@@H]2CCC2(C)CN2C[C@@]3(CCCc4cc(Cl)ccc43)COc3ccc1cc32. The largest absolute Gasteiger partial charge is 0.490 e. The van der Waals surface area contributed by atoms with Crippen LogP contribution in [0.4, 0.5) is 10.1 Å². The molecule has 1 amide bonds. The average Bonchev–Trinajstić information content (AvgIpc) is 3.24. The molecule has 11 heteroatoms. The maximum absolute atomic E-state index is 13.5. The number of rotatable bonds is 5. The Morgan fingerprint density at radius 3 is 2.73 bits per heavy atom. The van der Waals surface area contributed by atoms with Crippen molar-refractivity contribution in [2.75, 3.05) is 71.5 Å². The van der Waals surface area contributed by atoms with Crippen LogP contribution in [0, 0.1) is 11.3 Å². The minimum atomic E-state index is -2.19. The number of esters is 1. The summed E-state index contributed by atoms with van der Waals surface area (Å²) in [6.07, 6.45) is 8.39. The lowest BCUT2D eigenvalue weighted by Crippen LogP contribution is -2.55. The maximum atomic E-state index is 13.5. The highest BCUT2D eigenvalue weighted by molar-refractivity contribution is 6.30. The number of carbonyl (C=O) groups is 2. The summed E-state index contributed by atoms with van der Waals surface area (Å²) in [5.41, 5.74) is 0.931. The number of alkyl halides is 1. The molecule has 0 aromatic heterocycles. The Bertz CT molecular complexity index is 1670. The van der Waals surface area contributed by atoms with E-state index in [-0.39, 0.29) is 28.8 Å². The number of amides is 1. The van der Waals surface area contributed by atoms with Crippen LogP contribution < -0.4 is 9.64 Å². The van der Waals surface area contributed by atoms with Crippen molar-refractivity contribution in [1.29, 1.82) is 0 Å². The second-order valence-electron chi connectivity index (χ2n) is 15.8. The highest BCUT2D eigenvalue weighted by Crippen LogP contribution is 2.53. The van der Waals surface area contributed by atoms with Gasteiger partial charge in [0, 0.05) is 56.8 Å². The van der Waals surface area contributed by atoms with E-state index >= 15 is 0 Å². The number of hydrogen-bond donors (Lipinski definition) is 1. The highest BCUT2D eigenvalue weighted by atomic mass is 35.5. The zero-order valence-corrected chi connectivity index (χ0v) is 30.8. The van der Waals surface area contributed by atoms with Gasteiger partial charge >= 0.3 is 5.97 Å². The third kappa shape index (κ3) is 7.01. The first-order valence-corrected chi connectivity index (χ1v) is 18.8. The van der Waals surface area contributed by atoms with E-state index in [4.69, 9.17) is 25.8 Å². The number of anilines is 1. The van der Waals surface area contributed by atoms with Gasteiger partial charge in [0.2, 0.25) is 5.91 Å². The number of fused-ring (bicyclic) bond motifs is 4. The van der Waals surface area contributed by atoms with E-state index in [1.165, 1.54) is 18.2 Å². The lowest BCUT2D eigenvalue weighted by molar-refractivity contribution is -0.168. The summed E-state index contributed by atoms with van der Waals surface area (Å²) in [6, 6.07) is 11.5. The van der Waals surface area contributed by atoms with Crippen LogP contribution in [0.5, 0.6) is 5.75 Å². The predicted octanol–water partition coefficient (Wildman–Crippen LogP) is 5.44. The molecule has 2 bridgehead atoms. The number of aryl methyl sites for hydroxylation is 1. The third-order valence-corrected chi connectivity index (χ3v) is 12.6. The predicted molar refractivity (Wildman–Crippen MR) is 194 cm³/mol. The molecule has 1 N–H and O–H groups in total. The summed E-state index contributed by atoms with van der Waals surface area (Å²) in [5, 5.41) is 12.8. The van der Waals surface area contributed by atoms with E-state index in [0.29, 0.717) is 70.2 Å². The number of likely N-dealkylation sites (tertiary alicyclic amines) is 1. The van der Waals surface area contributed by atoms with E-state index in [0.717, 1.165) is 42.8 Å². The van der Waals surface area contributed by atoms with Crippen molar-refractivity contribution in [2.24, 2.45) is 11.3 Å². The molecule has 1 unspecified atom stereocenters. The van der Waals surface area contributed by atoms with E-state index in [9.17, 15) is 19.1 Å². The number of aliphatic hydroxyl groups is 1. The lowest BCUT2D eigenvalue weighted by Gasteiger charge is -2.53. The summed E-state index contributed by atoms with van der Waals surface area (Å²) in [7, 11) is 2.91. The quantitative estimate of drug-likeness (QED) is 0.323. The summed E-state index contributed by atoms with van der Waals surface area (Å²) >= 11 is 6.48. The molecule has 5 aliphatic rings. The normalized spacial score (nSPS) is 32.2. The molecule has 2 fully saturated rings. The molecule has 0 radical (unpaired) electrons. The Morgan fingerprint density at radius 2 is 1.98 bits per heavy atom. The van der Waals surface area contributed by atoms with E-state index in [2.05, 4.69) is 41.0 Å². The van der Waals surface area contributed by atoms with Crippen molar-refractivity contribution in [3.63, 3.8) is 0 Å². The second-order valence-corrected chi connectivity index (χ2v) is 16.3. The summed E-state index contributed by atoms with van der Waals surface area (Å²) < 4.78 is 31.9. The van der Waals surface area contributed by atoms with Crippen LogP contribution in [0.3, 0.4) is 0 Å². The van der Waals surface area contributed by atoms with Gasteiger partial charge in [0.15, 0.2) is 5.60 Å². The molecule has 1 saturated carbocycles. The number of ether oxygens (including phenoxy) is 3. The van der Waals surface area contributed by atoms with Crippen LogP contribution in [0.25, 0.3) is 0 Å². The minimum Gasteiger partial charge on any atom is -0.490 e. The molecule has 2 aliphatic carbocycles. The molecular formula is C40H51ClFN3O6. The molecule has 3 heterocycles. The number of halogens is 2. The van der Waals surface area contributed by atoms with E-state index in [1.807, 2.05) is 18.2 Å². The smallest absolute Gasteiger partial charge is 0.343 e. The molecular weight excluding hydrogens is 673 g/mol. The monoisotopic (exact) mass is 723 g/mol. The van der Waals surface area contributed by atoms with Gasteiger partial charge in [-0.05, 0) is 90.8 Å². The Morgan fingerprint density at radius 1 is 1.16 bits per heavy atom. The van der Waals surface area contributed by atoms with Gasteiger partial charge in [-0.25, -0.2) is 9.18 Å². The van der Waals surface area contributed by atoms with Gasteiger partial charge < -0.3 is 29.1 Å². The molecule has 3 aliphatic heterocycles. The lowest BCUT2D eigenvalue weighted by atomic mass is 9.58. The third-order valence-electron chi connectivity index (χ3n) is 12.3. The van der Waals surface area contributed by atoms with Crippen LogP contribution in [-0.4, -0.2) is 106 Å². The van der Waals surface area contributed by atoms with Gasteiger partial charge in [0.05, 0.1) is 38.5 Å². The van der Waals surface area contributed by atoms with Crippen LogP contribution >= 0.6 is 11.6 Å². The maximum Gasteiger partial charge on any atom is 0.343 e. The molecule has 1 saturated heterocycles. The van der Waals surface area contributed by atoms with Crippen molar-refractivity contribution in [2.45, 2.75) is 75.2 Å². The molecule has 276 valence electrons. The van der Waals surface area contributed by atoms with Crippen molar-refractivity contribution in [3.8, 4) is 5.75 Å². The number of nitrogens with zero attached hydrogens (tertiary/aromatic N) is 3. The molecule has 1 spiro atoms. The Kier molecular flexibility index (Phi) is 10.2. The van der Waals surface area contributed by atoms with Gasteiger partial charge in [-0.3, -0.25) is 9.69 Å². The van der Waals surface area contributed by atoms with Gasteiger partial charge in [0.1, 0.15) is 11.9 Å². The molecule has 51 heavy (non-hydrogen) atoms. The van der Waals surface area contributed by atoms with Crippen molar-refractivity contribution < 1.29 is 33.3 Å². The van der Waals surface area contributed by atoms with E-state index < -0.39 is 24.2 Å². The zero-order chi connectivity index (χ0) is 36.0.